The molecule has 0 N–H and O–H groups in total. The van der Waals surface area contributed by atoms with Crippen molar-refractivity contribution < 1.29 is 0 Å². The van der Waals surface area contributed by atoms with Crippen molar-refractivity contribution in [2.75, 3.05) is 0 Å². The van der Waals surface area contributed by atoms with Crippen LogP contribution in [-0.4, -0.2) is 19.9 Å². The molecular formula is C17H13NS2Se. The van der Waals surface area contributed by atoms with E-state index in [4.69, 9.17) is 4.98 Å². The van der Waals surface area contributed by atoms with Gasteiger partial charge in [0, 0.05) is 0 Å². The van der Waals surface area contributed by atoms with E-state index in [0.717, 1.165) is 17.5 Å². The van der Waals surface area contributed by atoms with E-state index in [1.165, 1.54) is 24.7 Å². The van der Waals surface area contributed by atoms with E-state index in [9.17, 15) is 0 Å². The number of nitrogens with zero attached hydrogens (tertiary/aromatic N) is 1. The second-order valence-electron chi connectivity index (χ2n) is 4.77. The molecule has 0 bridgehead atoms. The van der Waals surface area contributed by atoms with Crippen LogP contribution in [0.4, 0.5) is 0 Å². The Morgan fingerprint density at radius 2 is 1.52 bits per heavy atom. The molecule has 0 saturated heterocycles. The summed E-state index contributed by atoms with van der Waals surface area (Å²) in [6.45, 7) is 0. The topological polar surface area (TPSA) is 12.9 Å². The van der Waals surface area contributed by atoms with E-state index in [2.05, 4.69) is 53.2 Å². The summed E-state index contributed by atoms with van der Waals surface area (Å²) in [4.78, 5) is 4.75. The Kier molecular flexibility index (Phi) is 3.78. The summed E-state index contributed by atoms with van der Waals surface area (Å²) in [5, 5.41) is 5.57. The van der Waals surface area contributed by atoms with Gasteiger partial charge in [0.2, 0.25) is 0 Å². The van der Waals surface area contributed by atoms with Gasteiger partial charge in [0.05, 0.1) is 0 Å². The average molecular weight is 374 g/mol. The molecule has 4 rings (SSSR count). The van der Waals surface area contributed by atoms with Crippen LogP contribution in [0.3, 0.4) is 0 Å². The van der Waals surface area contributed by atoms with Crippen LogP contribution >= 0.6 is 22.7 Å². The zero-order valence-corrected chi connectivity index (χ0v) is 14.6. The maximum absolute atomic E-state index is 4.75. The zero-order valence-electron chi connectivity index (χ0n) is 11.3. The van der Waals surface area contributed by atoms with Gasteiger partial charge in [-0.1, -0.05) is 0 Å². The van der Waals surface area contributed by atoms with E-state index in [-0.39, 0.29) is 0 Å². The molecule has 0 amide bonds. The molecule has 1 aromatic carbocycles. The van der Waals surface area contributed by atoms with Crippen molar-refractivity contribution in [3.05, 3.63) is 58.8 Å². The van der Waals surface area contributed by atoms with Crippen LogP contribution < -0.4 is 4.46 Å². The Hall–Kier alpha value is -1.19. The van der Waals surface area contributed by atoms with Gasteiger partial charge < -0.3 is 0 Å². The number of fused-ring (bicyclic) bond motifs is 2. The van der Waals surface area contributed by atoms with Crippen LogP contribution in [0.1, 0.15) is 5.56 Å². The van der Waals surface area contributed by atoms with Gasteiger partial charge in [-0.25, -0.2) is 0 Å². The summed E-state index contributed by atoms with van der Waals surface area (Å²) >= 11 is 4.21. The predicted octanol–water partition coefficient (Wildman–Crippen LogP) is 4.50. The summed E-state index contributed by atoms with van der Waals surface area (Å²) in [6, 6.07) is 15.1. The third-order valence-electron chi connectivity index (χ3n) is 3.44. The number of rotatable bonds is 4. The molecule has 0 radical (unpaired) electrons. The Bertz CT molecular complexity index is 831. The van der Waals surface area contributed by atoms with Gasteiger partial charge in [0.25, 0.3) is 0 Å². The molecule has 0 spiro atoms. The summed E-state index contributed by atoms with van der Waals surface area (Å²) in [6.07, 6.45) is 1.16. The first-order valence-electron chi connectivity index (χ1n) is 6.83. The zero-order chi connectivity index (χ0) is 14.1. The second kappa shape index (κ2) is 5.90. The predicted molar refractivity (Wildman–Crippen MR) is 95.3 cm³/mol. The molecule has 0 fully saturated rings. The van der Waals surface area contributed by atoms with Gasteiger partial charge in [-0.2, -0.15) is 0 Å². The molecule has 21 heavy (non-hydrogen) atoms. The van der Waals surface area contributed by atoms with Crippen LogP contribution in [0, 0.1) is 0 Å². The van der Waals surface area contributed by atoms with Crippen molar-refractivity contribution in [1.29, 1.82) is 0 Å². The summed E-state index contributed by atoms with van der Waals surface area (Å²) in [5.41, 5.74) is 3.83. The van der Waals surface area contributed by atoms with Crippen LogP contribution in [0.2, 0.25) is 5.32 Å². The van der Waals surface area contributed by atoms with Gasteiger partial charge in [0.1, 0.15) is 0 Å². The molecule has 1 nitrogen and oxygen atoms in total. The first kappa shape index (κ1) is 13.5. The van der Waals surface area contributed by atoms with Crippen molar-refractivity contribution in [2.24, 2.45) is 0 Å². The normalized spacial score (nSPS) is 11.4. The molecule has 0 atom stereocenters. The van der Waals surface area contributed by atoms with E-state index in [1.54, 1.807) is 0 Å². The molecule has 0 saturated carbocycles. The van der Waals surface area contributed by atoms with E-state index in [0.29, 0.717) is 15.0 Å². The van der Waals surface area contributed by atoms with Crippen molar-refractivity contribution in [1.82, 2.24) is 4.98 Å². The van der Waals surface area contributed by atoms with Gasteiger partial charge >= 0.3 is 138 Å². The minimum absolute atomic E-state index is 0.553. The van der Waals surface area contributed by atoms with Crippen LogP contribution in [-0.2, 0) is 6.42 Å². The molecular weight excluding hydrogens is 361 g/mol. The average Bonchev–Trinajstić information content (AvgIpc) is 3.16. The summed E-state index contributed by atoms with van der Waals surface area (Å²) in [5.74, 6) is 0. The molecule has 0 unspecified atom stereocenters. The fraction of sp³-hybridized carbons (Fsp3) is 0.118. The van der Waals surface area contributed by atoms with Crippen LogP contribution in [0.15, 0.2) is 53.2 Å². The molecule has 0 aliphatic carbocycles. The molecule has 104 valence electrons. The van der Waals surface area contributed by atoms with Gasteiger partial charge in [-0.3, -0.25) is 0 Å². The van der Waals surface area contributed by atoms with Crippen LogP contribution in [0.5, 0.6) is 0 Å². The Balaban J connectivity index is 1.64. The Morgan fingerprint density at radius 3 is 2.19 bits per heavy atom. The molecule has 3 heterocycles. The number of aromatic nitrogens is 1. The molecule has 4 heteroatoms. The monoisotopic (exact) mass is 375 g/mol. The number of aryl methyl sites for hydroxylation is 1. The second-order valence-corrected chi connectivity index (χ2v) is 9.06. The first-order valence-corrected chi connectivity index (χ1v) is 10.7. The SMILES string of the molecule is c1ccc([Se]CCc2c3sccc3nc3ccsc23)cc1. The molecule has 0 aliphatic rings. The summed E-state index contributed by atoms with van der Waals surface area (Å²) in [7, 11) is 0. The van der Waals surface area contributed by atoms with E-state index < -0.39 is 0 Å². The number of hydrogen-bond acceptors (Lipinski definition) is 3. The van der Waals surface area contributed by atoms with E-state index in [1.807, 2.05) is 22.7 Å². The van der Waals surface area contributed by atoms with Crippen LogP contribution in [0.25, 0.3) is 20.4 Å². The third-order valence-corrected chi connectivity index (χ3v) is 7.50. The Morgan fingerprint density at radius 1 is 0.857 bits per heavy atom. The third kappa shape index (κ3) is 2.65. The van der Waals surface area contributed by atoms with Gasteiger partial charge in [0.15, 0.2) is 0 Å². The number of pyridine rings is 1. The van der Waals surface area contributed by atoms with Crippen molar-refractivity contribution in [2.45, 2.75) is 11.7 Å². The number of benzene rings is 1. The van der Waals surface area contributed by atoms with Crippen molar-refractivity contribution in [3.63, 3.8) is 0 Å². The quantitative estimate of drug-likeness (QED) is 0.479. The van der Waals surface area contributed by atoms with Gasteiger partial charge in [-0.05, 0) is 0 Å². The first-order chi connectivity index (χ1) is 10.4. The van der Waals surface area contributed by atoms with Crippen molar-refractivity contribution in [3.8, 4) is 0 Å². The summed E-state index contributed by atoms with van der Waals surface area (Å²) < 4.78 is 4.26. The minimum atomic E-state index is 0.553. The van der Waals surface area contributed by atoms with Gasteiger partial charge in [-0.15, -0.1) is 0 Å². The fourth-order valence-corrected chi connectivity index (χ4v) is 6.24. The molecule has 4 aromatic rings. The molecule has 3 aromatic heterocycles. The maximum atomic E-state index is 4.75. The number of thiophene rings is 2. The molecule has 0 aliphatic heterocycles. The fourth-order valence-electron chi connectivity index (χ4n) is 2.48. The number of hydrogen-bond donors (Lipinski definition) is 0. The Labute approximate surface area is 137 Å². The standard InChI is InChI=1S/C17H13NS2Se/c1-2-4-12(5-3-1)21-11-8-13-16-14(6-9-19-16)18-15-7-10-20-17(13)15/h1-7,9-10H,8,11H2. The van der Waals surface area contributed by atoms with Crippen molar-refractivity contribution >= 4 is 62.5 Å². The van der Waals surface area contributed by atoms with E-state index >= 15 is 0 Å².